The zero-order valence-electron chi connectivity index (χ0n) is 31.3. The molecule has 0 heterocycles. The predicted octanol–water partition coefficient (Wildman–Crippen LogP) is 10.8. The normalized spacial score (nSPS) is 11.2. The fourth-order valence-electron chi connectivity index (χ4n) is 5.33. The molecule has 0 N–H and O–H groups in total. The molecule has 0 fully saturated rings. The van der Waals surface area contributed by atoms with Gasteiger partial charge in [0, 0.05) is 25.5 Å². The number of unbranched alkanes of at least 4 members (excludes halogenated alkanes) is 8. The molecule has 0 saturated carbocycles. The van der Waals surface area contributed by atoms with Crippen molar-refractivity contribution < 1.29 is 28.5 Å². The zero-order chi connectivity index (χ0) is 37.4. The minimum atomic E-state index is -0.413. The smallest absolute Gasteiger partial charge is 0.343 e. The second-order valence-electron chi connectivity index (χ2n) is 12.9. The first-order chi connectivity index (χ1) is 26.0. The lowest BCUT2D eigenvalue weighted by molar-refractivity contribution is 0.0725. The molecule has 0 bridgehead atoms. The molecular weight excluding hydrogens is 665 g/mol. The van der Waals surface area contributed by atoms with Crippen LogP contribution in [0.5, 0.6) is 23.0 Å². The largest absolute Gasteiger partial charge is 0.494 e. The number of rotatable bonds is 24. The molecule has 0 aromatic heterocycles. The van der Waals surface area contributed by atoms with Crippen molar-refractivity contribution in [1.82, 2.24) is 0 Å². The SMILES string of the molecule is CCCCCCCOc1ccc(C(=O)Oc2ccc(C=NCCCN=Cc3ccc(OC(=O)c4ccc(OCCCCCCC)cc4)cc3)cc2)cc1. The van der Waals surface area contributed by atoms with Crippen LogP contribution in [0.2, 0.25) is 0 Å². The fourth-order valence-corrected chi connectivity index (χ4v) is 5.33. The Hall–Kier alpha value is -5.24. The van der Waals surface area contributed by atoms with Crippen LogP contribution < -0.4 is 18.9 Å². The molecule has 280 valence electrons. The highest BCUT2D eigenvalue weighted by Gasteiger charge is 2.10. The maximum absolute atomic E-state index is 12.6. The Morgan fingerprint density at radius 3 is 1.19 bits per heavy atom. The van der Waals surface area contributed by atoms with Gasteiger partial charge in [-0.15, -0.1) is 0 Å². The molecular formula is C45H54N2O6. The quantitative estimate of drug-likeness (QED) is 0.0310. The second kappa shape index (κ2) is 24.1. The molecule has 0 spiro atoms. The summed E-state index contributed by atoms with van der Waals surface area (Å²) >= 11 is 0. The second-order valence-corrected chi connectivity index (χ2v) is 12.9. The summed E-state index contributed by atoms with van der Waals surface area (Å²) in [4.78, 5) is 34.2. The standard InChI is InChI=1S/C45H54N2O6/c1-3-5-7-9-11-32-50-40-26-18-38(19-27-40)44(48)52-42-22-14-36(15-23-42)34-46-30-13-31-47-35-37-16-24-43(25-17-37)53-45(49)39-20-28-41(29-21-39)51-33-12-10-8-6-4-2/h14-29,34-35H,3-13,30-33H2,1-2H3. The van der Waals surface area contributed by atoms with E-state index in [4.69, 9.17) is 18.9 Å². The van der Waals surface area contributed by atoms with E-state index >= 15 is 0 Å². The third kappa shape index (κ3) is 15.9. The summed E-state index contributed by atoms with van der Waals surface area (Å²) in [6, 6.07) is 28.6. The highest BCUT2D eigenvalue weighted by Crippen LogP contribution is 2.19. The molecule has 0 saturated heterocycles. The average Bonchev–Trinajstić information content (AvgIpc) is 3.19. The topological polar surface area (TPSA) is 95.8 Å². The molecule has 4 aromatic rings. The summed E-state index contributed by atoms with van der Waals surface area (Å²) in [6.45, 7) is 7.04. The van der Waals surface area contributed by atoms with E-state index in [1.165, 1.54) is 51.4 Å². The molecule has 8 heteroatoms. The van der Waals surface area contributed by atoms with Crippen molar-refractivity contribution in [3.05, 3.63) is 119 Å². The molecule has 0 aliphatic rings. The first-order valence-corrected chi connectivity index (χ1v) is 19.1. The van der Waals surface area contributed by atoms with E-state index in [0.717, 1.165) is 41.9 Å². The van der Waals surface area contributed by atoms with Crippen molar-refractivity contribution in [1.29, 1.82) is 0 Å². The third-order valence-electron chi connectivity index (χ3n) is 8.45. The van der Waals surface area contributed by atoms with Gasteiger partial charge in [0.15, 0.2) is 0 Å². The summed E-state index contributed by atoms with van der Waals surface area (Å²) in [5.41, 5.74) is 2.77. The molecule has 8 nitrogen and oxygen atoms in total. The van der Waals surface area contributed by atoms with E-state index < -0.39 is 11.9 Å². The number of ether oxygens (including phenoxy) is 4. The van der Waals surface area contributed by atoms with Gasteiger partial charge in [-0.25, -0.2) is 9.59 Å². The number of benzene rings is 4. The summed E-state index contributed by atoms with van der Waals surface area (Å²) in [7, 11) is 0. The Bertz CT molecular complexity index is 1550. The van der Waals surface area contributed by atoms with Crippen molar-refractivity contribution >= 4 is 24.4 Å². The zero-order valence-corrected chi connectivity index (χ0v) is 31.3. The van der Waals surface area contributed by atoms with Crippen LogP contribution in [0.1, 0.15) is 116 Å². The average molecular weight is 719 g/mol. The van der Waals surface area contributed by atoms with Crippen molar-refractivity contribution in [2.24, 2.45) is 9.98 Å². The molecule has 4 aromatic carbocycles. The molecule has 0 aliphatic heterocycles. The van der Waals surface area contributed by atoms with E-state index in [-0.39, 0.29) is 0 Å². The lowest BCUT2D eigenvalue weighted by Gasteiger charge is -2.08. The van der Waals surface area contributed by atoms with Crippen LogP contribution in [-0.4, -0.2) is 50.7 Å². The number of aliphatic imine (C=N–C) groups is 2. The molecule has 53 heavy (non-hydrogen) atoms. The van der Waals surface area contributed by atoms with Gasteiger partial charge in [-0.05, 0) is 127 Å². The van der Waals surface area contributed by atoms with Gasteiger partial charge in [0.1, 0.15) is 23.0 Å². The molecule has 4 rings (SSSR count). The van der Waals surface area contributed by atoms with Gasteiger partial charge in [-0.3, -0.25) is 9.98 Å². The van der Waals surface area contributed by atoms with Crippen LogP contribution in [-0.2, 0) is 0 Å². The van der Waals surface area contributed by atoms with E-state index in [9.17, 15) is 9.59 Å². The van der Waals surface area contributed by atoms with Gasteiger partial charge in [-0.1, -0.05) is 65.2 Å². The highest BCUT2D eigenvalue weighted by atomic mass is 16.5. The maximum Gasteiger partial charge on any atom is 0.343 e. The van der Waals surface area contributed by atoms with Crippen molar-refractivity contribution in [2.45, 2.75) is 84.5 Å². The van der Waals surface area contributed by atoms with E-state index in [0.29, 0.717) is 48.9 Å². The monoisotopic (exact) mass is 718 g/mol. The van der Waals surface area contributed by atoms with Crippen LogP contribution in [0.25, 0.3) is 0 Å². The Labute approximate surface area is 315 Å². The van der Waals surface area contributed by atoms with Gasteiger partial charge in [-0.2, -0.15) is 0 Å². The maximum atomic E-state index is 12.6. The van der Waals surface area contributed by atoms with E-state index in [2.05, 4.69) is 23.8 Å². The predicted molar refractivity (Wildman–Crippen MR) is 214 cm³/mol. The Balaban J connectivity index is 1.09. The number of carbonyl (C=O) groups is 2. The first kappa shape index (κ1) is 40.5. The third-order valence-corrected chi connectivity index (χ3v) is 8.45. The summed E-state index contributed by atoms with van der Waals surface area (Å²) < 4.78 is 22.6. The van der Waals surface area contributed by atoms with Crippen LogP contribution in [0.15, 0.2) is 107 Å². The number of hydrogen-bond donors (Lipinski definition) is 0. The van der Waals surface area contributed by atoms with Gasteiger partial charge in [0.25, 0.3) is 0 Å². The van der Waals surface area contributed by atoms with E-state index in [1.54, 1.807) is 85.2 Å². The van der Waals surface area contributed by atoms with Crippen molar-refractivity contribution in [2.75, 3.05) is 26.3 Å². The number of esters is 2. The fraction of sp³-hybridized carbons (Fsp3) is 0.378. The van der Waals surface area contributed by atoms with Crippen LogP contribution in [0, 0.1) is 0 Å². The van der Waals surface area contributed by atoms with Crippen LogP contribution in [0.4, 0.5) is 0 Å². The Kier molecular flexibility index (Phi) is 18.4. The summed E-state index contributed by atoms with van der Waals surface area (Å²) in [5, 5.41) is 0. The highest BCUT2D eigenvalue weighted by molar-refractivity contribution is 5.92. The summed E-state index contributed by atoms with van der Waals surface area (Å²) in [6.07, 6.45) is 16.3. The number of hydrogen-bond acceptors (Lipinski definition) is 8. The van der Waals surface area contributed by atoms with Crippen molar-refractivity contribution in [3.8, 4) is 23.0 Å². The Morgan fingerprint density at radius 2 is 0.811 bits per heavy atom. The minimum absolute atomic E-state index is 0.413. The van der Waals surface area contributed by atoms with E-state index in [1.807, 2.05) is 24.3 Å². The molecule has 0 unspecified atom stereocenters. The van der Waals surface area contributed by atoms with Crippen LogP contribution >= 0.6 is 0 Å². The molecule has 0 amide bonds. The van der Waals surface area contributed by atoms with Gasteiger partial charge < -0.3 is 18.9 Å². The van der Waals surface area contributed by atoms with Crippen molar-refractivity contribution in [3.63, 3.8) is 0 Å². The minimum Gasteiger partial charge on any atom is -0.494 e. The lowest BCUT2D eigenvalue weighted by atomic mass is 10.2. The summed E-state index contributed by atoms with van der Waals surface area (Å²) in [5.74, 6) is 1.63. The number of carbonyl (C=O) groups excluding carboxylic acids is 2. The molecule has 0 aliphatic carbocycles. The molecule has 0 atom stereocenters. The number of nitrogens with zero attached hydrogens (tertiary/aromatic N) is 2. The first-order valence-electron chi connectivity index (χ1n) is 19.1. The van der Waals surface area contributed by atoms with Gasteiger partial charge >= 0.3 is 11.9 Å². The Morgan fingerprint density at radius 1 is 0.453 bits per heavy atom. The van der Waals surface area contributed by atoms with Crippen LogP contribution in [0.3, 0.4) is 0 Å². The van der Waals surface area contributed by atoms with Gasteiger partial charge in [0.2, 0.25) is 0 Å². The molecule has 0 radical (unpaired) electrons. The van der Waals surface area contributed by atoms with Gasteiger partial charge in [0.05, 0.1) is 24.3 Å². The lowest BCUT2D eigenvalue weighted by Crippen LogP contribution is -2.08.